The van der Waals surface area contributed by atoms with Crippen LogP contribution >= 0.6 is 0 Å². The molecule has 1 aliphatic carbocycles. The molecule has 7 nitrogen and oxygen atoms in total. The lowest BCUT2D eigenvalue weighted by Crippen LogP contribution is -2.38. The monoisotopic (exact) mass is 280 g/mol. The van der Waals surface area contributed by atoms with Crippen molar-refractivity contribution in [3.8, 4) is 0 Å². The summed E-state index contributed by atoms with van der Waals surface area (Å²) in [6, 6.07) is 0. The number of H-pyrrole nitrogens is 1. The Kier molecular flexibility index (Phi) is 4.26. The lowest BCUT2D eigenvalue weighted by Gasteiger charge is -2.28. The third-order valence-electron chi connectivity index (χ3n) is 4.00. The minimum absolute atomic E-state index is 0.0124. The number of nitrogens with one attached hydrogen (secondary N) is 2. The van der Waals surface area contributed by atoms with Gasteiger partial charge in [0.05, 0.1) is 11.7 Å². The number of rotatable bonds is 4. The number of nitrogen functional groups attached to an aromatic ring is 1. The molecule has 0 aliphatic heterocycles. The van der Waals surface area contributed by atoms with E-state index in [1.54, 1.807) is 0 Å². The Hall–Kier alpha value is -2.05. The van der Waals surface area contributed by atoms with E-state index in [9.17, 15) is 14.7 Å². The van der Waals surface area contributed by atoms with Gasteiger partial charge in [-0.15, -0.1) is 0 Å². The number of carboxylic acid groups (broad SMARTS) is 1. The number of carboxylic acids is 1. The van der Waals surface area contributed by atoms with Crippen molar-refractivity contribution in [1.29, 1.82) is 0 Å². The van der Waals surface area contributed by atoms with Crippen molar-refractivity contribution in [2.24, 2.45) is 5.41 Å². The molecule has 1 aliphatic rings. The van der Waals surface area contributed by atoms with E-state index in [1.165, 1.54) is 6.33 Å². The van der Waals surface area contributed by atoms with Gasteiger partial charge in [-0.1, -0.05) is 25.7 Å². The Morgan fingerprint density at radius 3 is 2.65 bits per heavy atom. The molecule has 0 bridgehead atoms. The van der Waals surface area contributed by atoms with Gasteiger partial charge in [-0.25, -0.2) is 4.98 Å². The SMILES string of the molecule is Nc1c(NCC2(C(=O)O)CCCCCC2)nc[nH]c1=O. The van der Waals surface area contributed by atoms with Gasteiger partial charge in [-0.05, 0) is 12.8 Å². The molecule has 0 atom stereocenters. The van der Waals surface area contributed by atoms with Crippen molar-refractivity contribution in [3.63, 3.8) is 0 Å². The van der Waals surface area contributed by atoms with E-state index < -0.39 is 16.9 Å². The maximum absolute atomic E-state index is 11.6. The van der Waals surface area contributed by atoms with Crippen LogP contribution < -0.4 is 16.6 Å². The largest absolute Gasteiger partial charge is 0.481 e. The molecular weight excluding hydrogens is 260 g/mol. The van der Waals surface area contributed by atoms with Crippen LogP contribution in [0.2, 0.25) is 0 Å². The van der Waals surface area contributed by atoms with E-state index in [1.807, 2.05) is 0 Å². The van der Waals surface area contributed by atoms with Crippen LogP contribution in [0.5, 0.6) is 0 Å². The van der Waals surface area contributed by atoms with Gasteiger partial charge in [0.1, 0.15) is 5.69 Å². The first-order chi connectivity index (χ1) is 9.55. The fourth-order valence-electron chi connectivity index (χ4n) is 2.68. The Bertz CT molecular complexity index is 533. The zero-order chi connectivity index (χ0) is 14.6. The van der Waals surface area contributed by atoms with Crippen molar-refractivity contribution >= 4 is 17.5 Å². The summed E-state index contributed by atoms with van der Waals surface area (Å²) in [5.41, 5.74) is 4.40. The van der Waals surface area contributed by atoms with Crippen LogP contribution in [0.15, 0.2) is 11.1 Å². The number of nitrogens with two attached hydrogens (primary N) is 1. The maximum atomic E-state index is 11.6. The first kappa shape index (κ1) is 14.4. The molecule has 0 unspecified atom stereocenters. The molecule has 1 heterocycles. The van der Waals surface area contributed by atoms with Crippen LogP contribution in [-0.4, -0.2) is 27.6 Å². The molecule has 1 aromatic rings. The molecule has 1 saturated carbocycles. The average Bonchev–Trinajstić information content (AvgIpc) is 2.67. The normalized spacial score (nSPS) is 18.2. The molecule has 110 valence electrons. The molecule has 0 saturated heterocycles. The standard InChI is InChI=1S/C13H20N4O3/c14-9-10(16-8-17-11(9)18)15-7-13(12(19)20)5-3-1-2-4-6-13/h8H,1-7,14H2,(H,19,20)(H2,15,16,17,18). The summed E-state index contributed by atoms with van der Waals surface area (Å²) in [7, 11) is 0. The summed E-state index contributed by atoms with van der Waals surface area (Å²) in [6.07, 6.45) is 6.48. The fourth-order valence-corrected chi connectivity index (χ4v) is 2.68. The van der Waals surface area contributed by atoms with E-state index >= 15 is 0 Å². The van der Waals surface area contributed by atoms with Gasteiger partial charge in [0, 0.05) is 6.54 Å². The molecule has 1 aromatic heterocycles. The number of anilines is 2. The molecule has 7 heteroatoms. The lowest BCUT2D eigenvalue weighted by atomic mass is 9.80. The fraction of sp³-hybridized carbons (Fsp3) is 0.615. The molecule has 0 aromatic carbocycles. The zero-order valence-corrected chi connectivity index (χ0v) is 11.3. The maximum Gasteiger partial charge on any atom is 0.311 e. The molecule has 0 radical (unpaired) electrons. The summed E-state index contributed by atoms with van der Waals surface area (Å²) < 4.78 is 0. The predicted octanol–water partition coefficient (Wildman–Crippen LogP) is 1.19. The number of aromatic amines is 1. The van der Waals surface area contributed by atoms with E-state index in [4.69, 9.17) is 5.73 Å². The minimum atomic E-state index is -0.798. The molecule has 0 amide bonds. The minimum Gasteiger partial charge on any atom is -0.481 e. The van der Waals surface area contributed by atoms with Crippen LogP contribution in [-0.2, 0) is 4.79 Å². The van der Waals surface area contributed by atoms with E-state index in [-0.39, 0.29) is 18.1 Å². The quantitative estimate of drug-likeness (QED) is 0.615. The third-order valence-corrected chi connectivity index (χ3v) is 4.00. The van der Waals surface area contributed by atoms with Crippen molar-refractivity contribution in [2.45, 2.75) is 38.5 Å². The van der Waals surface area contributed by atoms with E-state index in [0.717, 1.165) is 25.7 Å². The number of carbonyl (C=O) groups is 1. The van der Waals surface area contributed by atoms with Crippen LogP contribution in [0.4, 0.5) is 11.5 Å². The highest BCUT2D eigenvalue weighted by atomic mass is 16.4. The third kappa shape index (κ3) is 2.92. The van der Waals surface area contributed by atoms with Crippen LogP contribution in [0.3, 0.4) is 0 Å². The summed E-state index contributed by atoms with van der Waals surface area (Å²) in [5.74, 6) is -0.547. The highest BCUT2D eigenvalue weighted by molar-refractivity contribution is 5.76. The van der Waals surface area contributed by atoms with E-state index in [0.29, 0.717) is 12.8 Å². The van der Waals surface area contributed by atoms with Gasteiger partial charge in [0.2, 0.25) is 0 Å². The van der Waals surface area contributed by atoms with Crippen LogP contribution in [0.25, 0.3) is 0 Å². The number of aliphatic carboxylic acids is 1. The van der Waals surface area contributed by atoms with Gasteiger partial charge in [0.25, 0.3) is 5.56 Å². The Morgan fingerprint density at radius 2 is 2.05 bits per heavy atom. The van der Waals surface area contributed by atoms with Gasteiger partial charge in [-0.3, -0.25) is 9.59 Å². The summed E-state index contributed by atoms with van der Waals surface area (Å²) >= 11 is 0. The van der Waals surface area contributed by atoms with E-state index in [2.05, 4.69) is 15.3 Å². The first-order valence-electron chi connectivity index (χ1n) is 6.86. The Balaban J connectivity index is 2.15. The smallest absolute Gasteiger partial charge is 0.311 e. The summed E-state index contributed by atoms with van der Waals surface area (Å²) in [4.78, 5) is 29.4. The molecule has 2 rings (SSSR count). The number of hydrogen-bond donors (Lipinski definition) is 4. The molecule has 20 heavy (non-hydrogen) atoms. The Labute approximate surface area is 116 Å². The van der Waals surface area contributed by atoms with Gasteiger partial charge in [0.15, 0.2) is 5.82 Å². The van der Waals surface area contributed by atoms with Gasteiger partial charge < -0.3 is 21.1 Å². The average molecular weight is 280 g/mol. The van der Waals surface area contributed by atoms with Crippen LogP contribution in [0, 0.1) is 5.41 Å². The number of nitrogens with zero attached hydrogens (tertiary/aromatic N) is 1. The molecule has 1 fully saturated rings. The van der Waals surface area contributed by atoms with Crippen molar-refractivity contribution in [1.82, 2.24) is 9.97 Å². The second-order valence-corrected chi connectivity index (χ2v) is 5.35. The summed E-state index contributed by atoms with van der Waals surface area (Å²) in [6.45, 7) is 0.239. The van der Waals surface area contributed by atoms with Crippen molar-refractivity contribution in [2.75, 3.05) is 17.6 Å². The first-order valence-corrected chi connectivity index (χ1v) is 6.86. The molecule has 0 spiro atoms. The van der Waals surface area contributed by atoms with Crippen LogP contribution in [0.1, 0.15) is 38.5 Å². The number of hydrogen-bond acceptors (Lipinski definition) is 5. The van der Waals surface area contributed by atoms with Crippen molar-refractivity contribution < 1.29 is 9.90 Å². The second-order valence-electron chi connectivity index (χ2n) is 5.35. The lowest BCUT2D eigenvalue weighted by molar-refractivity contribution is -0.149. The van der Waals surface area contributed by atoms with Gasteiger partial charge >= 0.3 is 5.97 Å². The second kappa shape index (κ2) is 5.94. The summed E-state index contributed by atoms with van der Waals surface area (Å²) in [5, 5.41) is 12.5. The Morgan fingerprint density at radius 1 is 1.40 bits per heavy atom. The molecular formula is C13H20N4O3. The molecule has 5 N–H and O–H groups in total. The zero-order valence-electron chi connectivity index (χ0n) is 11.3. The predicted molar refractivity (Wildman–Crippen MR) is 75.5 cm³/mol. The van der Waals surface area contributed by atoms with Gasteiger partial charge in [-0.2, -0.15) is 0 Å². The number of aromatic nitrogens is 2. The highest BCUT2D eigenvalue weighted by Crippen LogP contribution is 2.35. The van der Waals surface area contributed by atoms with Crippen molar-refractivity contribution in [3.05, 3.63) is 16.7 Å². The highest BCUT2D eigenvalue weighted by Gasteiger charge is 2.38. The topological polar surface area (TPSA) is 121 Å².